The largest absolute Gasteiger partial charge is 0.388 e. The van der Waals surface area contributed by atoms with Crippen molar-refractivity contribution in [3.8, 4) is 17.5 Å². The van der Waals surface area contributed by atoms with Crippen molar-refractivity contribution in [3.05, 3.63) is 94.8 Å². The van der Waals surface area contributed by atoms with Gasteiger partial charge in [-0.15, -0.1) is 37.2 Å². The summed E-state index contributed by atoms with van der Waals surface area (Å²) in [6, 6.07) is 17.4. The predicted octanol–water partition coefficient (Wildman–Crippen LogP) is 4.98. The highest BCUT2D eigenvalue weighted by molar-refractivity contribution is 6.03. The van der Waals surface area contributed by atoms with Crippen molar-refractivity contribution in [3.63, 3.8) is 0 Å². The maximum Gasteiger partial charge on any atom is 0.333 e. The number of pyridine rings is 2. The van der Waals surface area contributed by atoms with Gasteiger partial charge in [-0.3, -0.25) is 19.1 Å². The molecule has 0 amide bonds. The molecule has 0 radical (unpaired) electrons. The van der Waals surface area contributed by atoms with E-state index in [9.17, 15) is 4.79 Å². The van der Waals surface area contributed by atoms with Gasteiger partial charge in [0.15, 0.2) is 0 Å². The first-order chi connectivity index (χ1) is 15.2. The normalized spacial score (nSPS) is 9.82. The Morgan fingerprint density at radius 2 is 1.65 bits per heavy atom. The van der Waals surface area contributed by atoms with Crippen LogP contribution in [0.5, 0.6) is 0 Å². The second kappa shape index (κ2) is 11.1. The number of nitrogens with one attached hydrogen (secondary N) is 1. The molecular weight excluding hydrogens is 493 g/mol. The van der Waals surface area contributed by atoms with Crippen molar-refractivity contribution in [2.45, 2.75) is 0 Å². The Kier molecular flexibility index (Phi) is 8.72. The van der Waals surface area contributed by atoms with Crippen molar-refractivity contribution in [2.75, 3.05) is 12.4 Å². The van der Waals surface area contributed by atoms with Gasteiger partial charge in [-0.2, -0.15) is 0 Å². The number of benzene rings is 2. The molecule has 0 bridgehead atoms. The van der Waals surface area contributed by atoms with Gasteiger partial charge in [0, 0.05) is 48.7 Å². The van der Waals surface area contributed by atoms with E-state index in [1.807, 2.05) is 61.6 Å². The summed E-state index contributed by atoms with van der Waals surface area (Å²) in [6.45, 7) is 0. The van der Waals surface area contributed by atoms with Crippen LogP contribution in [0.25, 0.3) is 27.6 Å². The lowest BCUT2D eigenvalue weighted by Crippen LogP contribution is -2.20. The minimum absolute atomic E-state index is 0. The van der Waals surface area contributed by atoms with Crippen molar-refractivity contribution >= 4 is 64.8 Å². The molecule has 0 spiro atoms. The van der Waals surface area contributed by atoms with E-state index in [-0.39, 0.29) is 42.9 Å². The smallest absolute Gasteiger partial charge is 0.333 e. The summed E-state index contributed by atoms with van der Waals surface area (Å²) in [4.78, 5) is 21.8. The number of anilines is 1. The Labute approximate surface area is 215 Å². The molecule has 0 fully saturated rings. The van der Waals surface area contributed by atoms with Crippen LogP contribution in [0.15, 0.2) is 78.0 Å². The summed E-state index contributed by atoms with van der Waals surface area (Å²) in [7, 11) is 3.63. The van der Waals surface area contributed by atoms with E-state index < -0.39 is 0 Å². The lowest BCUT2D eigenvalue weighted by Gasteiger charge is -2.07. The first kappa shape index (κ1) is 26.7. The first-order valence-corrected chi connectivity index (χ1v) is 9.86. The number of hydrogen-bond acceptors (Lipinski definition) is 4. The van der Waals surface area contributed by atoms with Gasteiger partial charge in [-0.25, -0.2) is 4.79 Å². The minimum atomic E-state index is -0.117. The molecule has 3 aromatic heterocycles. The number of rotatable bonds is 2. The van der Waals surface area contributed by atoms with Crippen LogP contribution in [-0.2, 0) is 7.05 Å². The zero-order chi connectivity index (χ0) is 21.4. The molecule has 1 N–H and O–H groups in total. The van der Waals surface area contributed by atoms with Crippen LogP contribution in [0.3, 0.4) is 0 Å². The molecule has 0 saturated carbocycles. The van der Waals surface area contributed by atoms with Gasteiger partial charge < -0.3 is 5.32 Å². The number of fused-ring (bicyclic) bond motifs is 3. The van der Waals surface area contributed by atoms with Gasteiger partial charge in [-0.05, 0) is 54.6 Å². The van der Waals surface area contributed by atoms with Crippen molar-refractivity contribution < 1.29 is 0 Å². The molecule has 9 heteroatoms. The molecule has 3 heterocycles. The average Bonchev–Trinajstić information content (AvgIpc) is 3.09. The van der Waals surface area contributed by atoms with Gasteiger partial charge in [-0.1, -0.05) is 11.8 Å². The Hall–Kier alpha value is -3.50. The van der Waals surface area contributed by atoms with E-state index >= 15 is 0 Å². The van der Waals surface area contributed by atoms with Crippen molar-refractivity contribution in [2.24, 2.45) is 7.05 Å². The summed E-state index contributed by atoms with van der Waals surface area (Å²) in [6.07, 6.45) is 5.21. The highest BCUT2D eigenvalue weighted by atomic mass is 35.5. The van der Waals surface area contributed by atoms with Crippen LogP contribution >= 0.6 is 37.2 Å². The van der Waals surface area contributed by atoms with Gasteiger partial charge in [0.05, 0.1) is 28.4 Å². The summed E-state index contributed by atoms with van der Waals surface area (Å²) < 4.78 is 3.36. The predicted molar refractivity (Wildman–Crippen MR) is 145 cm³/mol. The first-order valence-electron chi connectivity index (χ1n) is 9.86. The SMILES string of the molecule is CNc1ccc(-n2c(=O)n(C)c3cnc4ccc(C#Cc5cccnc5)cc4c32)cc1.Cl.Cl.Cl. The summed E-state index contributed by atoms with van der Waals surface area (Å²) in [5.41, 5.74) is 5.76. The van der Waals surface area contributed by atoms with Gasteiger partial charge in [0.25, 0.3) is 0 Å². The Morgan fingerprint density at radius 3 is 2.32 bits per heavy atom. The van der Waals surface area contributed by atoms with Crippen LogP contribution in [0.2, 0.25) is 0 Å². The number of nitrogens with zero attached hydrogens (tertiary/aromatic N) is 4. The van der Waals surface area contributed by atoms with Gasteiger partial charge in [0.2, 0.25) is 0 Å². The van der Waals surface area contributed by atoms with Crippen molar-refractivity contribution in [1.29, 1.82) is 0 Å². The number of aromatic nitrogens is 4. The third kappa shape index (κ3) is 4.73. The van der Waals surface area contributed by atoms with Crippen LogP contribution < -0.4 is 11.0 Å². The molecule has 5 aromatic rings. The van der Waals surface area contributed by atoms with E-state index in [0.29, 0.717) is 0 Å². The van der Waals surface area contributed by atoms with E-state index in [4.69, 9.17) is 0 Å². The molecule has 6 nitrogen and oxygen atoms in total. The summed E-state index contributed by atoms with van der Waals surface area (Å²) in [5, 5.41) is 3.99. The van der Waals surface area contributed by atoms with E-state index in [2.05, 4.69) is 27.1 Å². The third-order valence-corrected chi connectivity index (χ3v) is 5.31. The Balaban J connectivity index is 0.00000136. The average molecular weight is 515 g/mol. The standard InChI is InChI=1S/C25H19N5O.3ClH/c1-26-19-8-10-20(11-9-19)30-24-21-14-17(5-6-18-4-3-13-27-15-18)7-12-22(21)28-16-23(24)29(2)25(30)31;;;/h3-4,7-16,26H,1-2H3;3*1H. The van der Waals surface area contributed by atoms with Crippen LogP contribution in [0.1, 0.15) is 11.1 Å². The number of aryl methyl sites for hydroxylation is 1. The highest BCUT2D eigenvalue weighted by Crippen LogP contribution is 2.26. The fourth-order valence-electron chi connectivity index (χ4n) is 3.67. The molecule has 0 atom stereocenters. The summed E-state index contributed by atoms with van der Waals surface area (Å²) >= 11 is 0. The summed E-state index contributed by atoms with van der Waals surface area (Å²) in [5.74, 6) is 6.33. The van der Waals surface area contributed by atoms with E-state index in [0.717, 1.165) is 44.4 Å². The van der Waals surface area contributed by atoms with Crippen LogP contribution in [-0.4, -0.2) is 26.1 Å². The molecule has 0 saturated heterocycles. The van der Waals surface area contributed by atoms with Gasteiger partial charge >= 0.3 is 5.69 Å². The van der Waals surface area contributed by atoms with Crippen molar-refractivity contribution in [1.82, 2.24) is 19.1 Å². The number of hydrogen-bond donors (Lipinski definition) is 1. The molecule has 0 aliphatic carbocycles. The quantitative estimate of drug-likeness (QED) is 0.338. The van der Waals surface area contributed by atoms with Crippen LogP contribution in [0, 0.1) is 11.8 Å². The number of imidazole rings is 1. The minimum Gasteiger partial charge on any atom is -0.388 e. The second-order valence-electron chi connectivity index (χ2n) is 7.19. The topological polar surface area (TPSA) is 64.7 Å². The zero-order valence-corrected chi connectivity index (χ0v) is 20.8. The zero-order valence-electron chi connectivity index (χ0n) is 18.4. The molecular formula is C25H22Cl3N5O. The molecule has 2 aromatic carbocycles. The molecule has 0 aliphatic heterocycles. The van der Waals surface area contributed by atoms with Gasteiger partial charge in [0.1, 0.15) is 0 Å². The Morgan fingerprint density at radius 1 is 0.912 bits per heavy atom. The van der Waals surface area contributed by atoms with Crippen LogP contribution in [0.4, 0.5) is 5.69 Å². The fourth-order valence-corrected chi connectivity index (χ4v) is 3.67. The van der Waals surface area contributed by atoms with E-state index in [1.165, 1.54) is 0 Å². The molecule has 0 unspecified atom stereocenters. The molecule has 0 aliphatic rings. The molecule has 34 heavy (non-hydrogen) atoms. The number of halogens is 3. The highest BCUT2D eigenvalue weighted by Gasteiger charge is 2.16. The van der Waals surface area contributed by atoms with E-state index in [1.54, 1.807) is 34.8 Å². The third-order valence-electron chi connectivity index (χ3n) is 5.31. The molecule has 5 rings (SSSR count). The monoisotopic (exact) mass is 513 g/mol. The maximum absolute atomic E-state index is 13.1. The maximum atomic E-state index is 13.1. The molecule has 174 valence electrons. The second-order valence-corrected chi connectivity index (χ2v) is 7.19. The fraction of sp³-hybridized carbons (Fsp3) is 0.0800. The lowest BCUT2D eigenvalue weighted by molar-refractivity contribution is 0.846. The lowest BCUT2D eigenvalue weighted by atomic mass is 10.1. The Bertz CT molecular complexity index is 1550.